The van der Waals surface area contributed by atoms with Gasteiger partial charge in [0.05, 0.1) is 5.57 Å². The van der Waals surface area contributed by atoms with Gasteiger partial charge in [-0.25, -0.2) is 0 Å². The second-order valence-electron chi connectivity index (χ2n) is 7.12. The van der Waals surface area contributed by atoms with Gasteiger partial charge in [0.25, 0.3) is 11.8 Å². The monoisotopic (exact) mass is 458 g/mol. The van der Waals surface area contributed by atoms with Gasteiger partial charge in [-0.3, -0.25) is 9.59 Å². The van der Waals surface area contributed by atoms with Crippen molar-refractivity contribution in [2.75, 3.05) is 31.5 Å². The summed E-state index contributed by atoms with van der Waals surface area (Å²) in [7, 11) is 0. The minimum Gasteiger partial charge on any atom is -0.351 e. The molecule has 1 aromatic carbocycles. The first-order chi connectivity index (χ1) is 13.9. The number of hydrogen-bond donors (Lipinski definition) is 3. The molecule has 2 amide bonds. The zero-order chi connectivity index (χ0) is 21.0. The predicted molar refractivity (Wildman–Crippen MR) is 121 cm³/mol. The quantitative estimate of drug-likeness (QED) is 0.412. The number of aromatic nitrogens is 1. The number of rotatable bonds is 8. The van der Waals surface area contributed by atoms with E-state index in [1.807, 2.05) is 31.2 Å². The number of nitrogens with one attached hydrogen (secondary N) is 3. The molecule has 1 aromatic heterocycles. The number of hydrogen-bond acceptors (Lipinski definition) is 3. The number of anilines is 1. The first-order valence-corrected chi connectivity index (χ1v) is 10.7. The molecule has 0 spiro atoms. The summed E-state index contributed by atoms with van der Waals surface area (Å²) in [6, 6.07) is 7.50. The number of halogens is 1. The lowest BCUT2D eigenvalue weighted by Crippen LogP contribution is -2.30. The highest BCUT2D eigenvalue weighted by molar-refractivity contribution is 9.10. The zero-order valence-corrected chi connectivity index (χ0v) is 18.6. The molecule has 6 nitrogen and oxygen atoms in total. The maximum absolute atomic E-state index is 12.5. The molecule has 7 heteroatoms. The first kappa shape index (κ1) is 21.3. The number of benzene rings is 1. The maximum Gasteiger partial charge on any atom is 0.267 e. The van der Waals surface area contributed by atoms with E-state index >= 15 is 0 Å². The van der Waals surface area contributed by atoms with Crippen LogP contribution < -0.4 is 10.6 Å². The standard InChI is InChI=1S/C22H27BrN4O2/c1-4-27(5-2)10-6-9-24-22(29)20-11-14(3)19(25-20)13-17-16-12-15(23)7-8-18(16)26-21(17)28/h7-8,11-13,25H,4-6,9-10H2,1-3H3,(H,24,29)(H,26,28). The van der Waals surface area contributed by atoms with Gasteiger partial charge in [0.2, 0.25) is 0 Å². The average Bonchev–Trinajstić information content (AvgIpc) is 3.22. The van der Waals surface area contributed by atoms with Gasteiger partial charge in [-0.2, -0.15) is 0 Å². The van der Waals surface area contributed by atoms with Crippen molar-refractivity contribution in [3.05, 3.63) is 51.3 Å². The van der Waals surface area contributed by atoms with Crippen LogP contribution in [0.2, 0.25) is 0 Å². The molecule has 3 N–H and O–H groups in total. The Morgan fingerprint density at radius 2 is 2.00 bits per heavy atom. The molecule has 1 aliphatic heterocycles. The van der Waals surface area contributed by atoms with Crippen LogP contribution >= 0.6 is 15.9 Å². The van der Waals surface area contributed by atoms with Gasteiger partial charge in [0.1, 0.15) is 5.69 Å². The molecule has 0 saturated heterocycles. The van der Waals surface area contributed by atoms with Crippen LogP contribution in [0.4, 0.5) is 5.69 Å². The van der Waals surface area contributed by atoms with Gasteiger partial charge in [0, 0.05) is 28.0 Å². The smallest absolute Gasteiger partial charge is 0.267 e. The summed E-state index contributed by atoms with van der Waals surface area (Å²) in [5, 5.41) is 5.84. The lowest BCUT2D eigenvalue weighted by atomic mass is 10.1. The van der Waals surface area contributed by atoms with Gasteiger partial charge < -0.3 is 20.5 Å². The normalized spacial score (nSPS) is 14.4. The second-order valence-corrected chi connectivity index (χ2v) is 8.03. The Hall–Kier alpha value is -2.38. The second kappa shape index (κ2) is 9.41. The number of aryl methyl sites for hydroxylation is 1. The van der Waals surface area contributed by atoms with Crippen molar-refractivity contribution in [2.24, 2.45) is 0 Å². The molecule has 0 radical (unpaired) electrons. The molecule has 0 bridgehead atoms. The molecule has 0 atom stereocenters. The summed E-state index contributed by atoms with van der Waals surface area (Å²) in [5.41, 5.74) is 4.40. The number of carbonyl (C=O) groups is 2. The summed E-state index contributed by atoms with van der Waals surface area (Å²) < 4.78 is 0.909. The van der Waals surface area contributed by atoms with Gasteiger partial charge in [-0.05, 0) is 68.9 Å². The Morgan fingerprint density at radius 3 is 2.72 bits per heavy atom. The molecular formula is C22H27BrN4O2. The lowest BCUT2D eigenvalue weighted by molar-refractivity contribution is -0.110. The molecule has 154 valence electrons. The summed E-state index contributed by atoms with van der Waals surface area (Å²) in [5.74, 6) is -0.272. The SMILES string of the molecule is CCN(CC)CCCNC(=O)c1cc(C)c(C=C2C(=O)Nc3ccc(Br)cc32)[nH]1. The molecule has 0 aliphatic carbocycles. The van der Waals surface area contributed by atoms with Crippen molar-refractivity contribution < 1.29 is 9.59 Å². The van der Waals surface area contributed by atoms with Crippen LogP contribution in [0.3, 0.4) is 0 Å². The van der Waals surface area contributed by atoms with Gasteiger partial charge >= 0.3 is 0 Å². The minimum absolute atomic E-state index is 0.128. The van der Waals surface area contributed by atoms with Crippen LogP contribution in [0.25, 0.3) is 11.6 Å². The third-order valence-electron chi connectivity index (χ3n) is 5.18. The highest BCUT2D eigenvalue weighted by atomic mass is 79.9. The van der Waals surface area contributed by atoms with Crippen molar-refractivity contribution in [2.45, 2.75) is 27.2 Å². The largest absolute Gasteiger partial charge is 0.351 e. The van der Waals surface area contributed by atoms with Crippen LogP contribution in [-0.2, 0) is 4.79 Å². The van der Waals surface area contributed by atoms with E-state index in [9.17, 15) is 9.59 Å². The summed E-state index contributed by atoms with van der Waals surface area (Å²) >= 11 is 3.45. The maximum atomic E-state index is 12.5. The van der Waals surface area contributed by atoms with E-state index in [1.165, 1.54) is 0 Å². The summed E-state index contributed by atoms with van der Waals surface area (Å²) in [6.45, 7) is 9.85. The molecule has 2 aromatic rings. The number of amides is 2. The van der Waals surface area contributed by atoms with E-state index in [-0.39, 0.29) is 11.8 Å². The highest BCUT2D eigenvalue weighted by Crippen LogP contribution is 2.35. The van der Waals surface area contributed by atoms with Crippen LogP contribution in [0, 0.1) is 6.92 Å². The molecule has 0 fully saturated rings. The molecular weight excluding hydrogens is 432 g/mol. The van der Waals surface area contributed by atoms with Gasteiger partial charge in [-0.15, -0.1) is 0 Å². The Kier molecular flexibility index (Phi) is 6.92. The molecule has 3 rings (SSSR count). The molecule has 0 saturated carbocycles. The topological polar surface area (TPSA) is 77.2 Å². The van der Waals surface area contributed by atoms with E-state index < -0.39 is 0 Å². The van der Waals surface area contributed by atoms with Crippen LogP contribution in [0.5, 0.6) is 0 Å². The third kappa shape index (κ3) is 4.97. The predicted octanol–water partition coefficient (Wildman–Crippen LogP) is 4.04. The number of H-pyrrole nitrogens is 1. The lowest BCUT2D eigenvalue weighted by Gasteiger charge is -2.17. The van der Waals surface area contributed by atoms with Gasteiger partial charge in [-0.1, -0.05) is 29.8 Å². The molecule has 0 unspecified atom stereocenters. The third-order valence-corrected chi connectivity index (χ3v) is 5.68. The fourth-order valence-electron chi connectivity index (χ4n) is 3.43. The van der Waals surface area contributed by atoms with E-state index in [1.54, 1.807) is 6.08 Å². The number of fused-ring (bicyclic) bond motifs is 1. The Bertz CT molecular complexity index is 944. The van der Waals surface area contributed by atoms with Gasteiger partial charge in [0.15, 0.2) is 0 Å². The Labute approximate surface area is 179 Å². The molecule has 2 heterocycles. The first-order valence-electron chi connectivity index (χ1n) is 9.96. The van der Waals surface area contributed by atoms with Crippen molar-refractivity contribution >= 4 is 45.1 Å². The molecule has 29 heavy (non-hydrogen) atoms. The zero-order valence-electron chi connectivity index (χ0n) is 17.1. The van der Waals surface area contributed by atoms with Crippen LogP contribution in [-0.4, -0.2) is 47.9 Å². The van der Waals surface area contributed by atoms with Crippen LogP contribution in [0.1, 0.15) is 47.6 Å². The summed E-state index contributed by atoms with van der Waals surface area (Å²) in [4.78, 5) is 30.3. The Balaban J connectivity index is 1.69. The van der Waals surface area contributed by atoms with E-state index in [2.05, 4.69) is 50.3 Å². The minimum atomic E-state index is -0.144. The highest BCUT2D eigenvalue weighted by Gasteiger charge is 2.24. The number of aromatic amines is 1. The Morgan fingerprint density at radius 1 is 1.24 bits per heavy atom. The molecule has 1 aliphatic rings. The van der Waals surface area contributed by atoms with Crippen molar-refractivity contribution in [1.82, 2.24) is 15.2 Å². The number of carbonyl (C=O) groups excluding carboxylic acids is 2. The van der Waals surface area contributed by atoms with E-state index in [0.717, 1.165) is 53.0 Å². The van der Waals surface area contributed by atoms with Crippen molar-refractivity contribution in [3.8, 4) is 0 Å². The fraction of sp³-hybridized carbons (Fsp3) is 0.364. The van der Waals surface area contributed by atoms with Crippen molar-refractivity contribution in [1.29, 1.82) is 0 Å². The summed E-state index contributed by atoms with van der Waals surface area (Å²) in [6.07, 6.45) is 2.72. The van der Waals surface area contributed by atoms with E-state index in [0.29, 0.717) is 17.8 Å². The fourth-order valence-corrected chi connectivity index (χ4v) is 3.79. The van der Waals surface area contributed by atoms with Crippen LogP contribution in [0.15, 0.2) is 28.7 Å². The number of nitrogens with zero attached hydrogens (tertiary/aromatic N) is 1. The van der Waals surface area contributed by atoms with E-state index in [4.69, 9.17) is 0 Å². The van der Waals surface area contributed by atoms with Crippen molar-refractivity contribution in [3.63, 3.8) is 0 Å². The average molecular weight is 459 g/mol.